The van der Waals surface area contributed by atoms with Gasteiger partial charge in [0.05, 0.1) is 12.6 Å². The highest BCUT2D eigenvalue weighted by Gasteiger charge is 2.34. The molecule has 1 heterocycles. The van der Waals surface area contributed by atoms with E-state index < -0.39 is 11.7 Å². The summed E-state index contributed by atoms with van der Waals surface area (Å²) in [5, 5.41) is 6.01. The summed E-state index contributed by atoms with van der Waals surface area (Å²) in [5.41, 5.74) is 2.80. The number of alkyl halides is 3. The van der Waals surface area contributed by atoms with Crippen LogP contribution in [0, 0.1) is 6.92 Å². The number of halogens is 3. The van der Waals surface area contributed by atoms with Crippen LogP contribution in [0.15, 0.2) is 71.3 Å². The SMILES string of the molecule is C[NH2+]Cc1ccc(-c2noc(-c3ccc(-c4ccccc4C)c(C(F)(F)F)c3)n2)cc1. The van der Waals surface area contributed by atoms with Crippen LogP contribution in [0.3, 0.4) is 0 Å². The summed E-state index contributed by atoms with van der Waals surface area (Å²) in [6.45, 7) is 2.64. The lowest BCUT2D eigenvalue weighted by Gasteiger charge is -2.15. The normalized spacial score (nSPS) is 11.6. The first kappa shape index (κ1) is 20.8. The highest BCUT2D eigenvalue weighted by Crippen LogP contribution is 2.40. The van der Waals surface area contributed by atoms with E-state index in [9.17, 15) is 13.2 Å². The van der Waals surface area contributed by atoms with Gasteiger partial charge < -0.3 is 9.84 Å². The number of aryl methyl sites for hydroxylation is 1. The minimum Gasteiger partial charge on any atom is -0.345 e. The maximum absolute atomic E-state index is 13.9. The zero-order valence-corrected chi connectivity index (χ0v) is 17.1. The Morgan fingerprint density at radius 2 is 1.61 bits per heavy atom. The predicted octanol–water partition coefficient (Wildman–Crippen LogP) is 5.09. The molecule has 0 atom stereocenters. The average molecular weight is 424 g/mol. The van der Waals surface area contributed by atoms with Crippen LogP contribution in [0.25, 0.3) is 34.0 Å². The van der Waals surface area contributed by atoms with E-state index in [2.05, 4.69) is 15.5 Å². The Morgan fingerprint density at radius 3 is 2.29 bits per heavy atom. The number of benzene rings is 3. The minimum atomic E-state index is -4.53. The maximum atomic E-state index is 13.9. The van der Waals surface area contributed by atoms with Crippen molar-refractivity contribution in [2.24, 2.45) is 0 Å². The Kier molecular flexibility index (Phi) is 5.61. The molecule has 0 saturated carbocycles. The molecule has 0 saturated heterocycles. The van der Waals surface area contributed by atoms with E-state index in [1.54, 1.807) is 37.3 Å². The maximum Gasteiger partial charge on any atom is 0.417 e. The van der Waals surface area contributed by atoms with Gasteiger partial charge in [-0.25, -0.2) is 0 Å². The van der Waals surface area contributed by atoms with Gasteiger partial charge in [0.25, 0.3) is 5.89 Å². The van der Waals surface area contributed by atoms with Crippen LogP contribution in [0.1, 0.15) is 16.7 Å². The van der Waals surface area contributed by atoms with E-state index in [1.165, 1.54) is 6.07 Å². The summed E-state index contributed by atoms with van der Waals surface area (Å²) >= 11 is 0. The van der Waals surface area contributed by atoms with E-state index in [-0.39, 0.29) is 17.0 Å². The molecule has 0 aliphatic carbocycles. The van der Waals surface area contributed by atoms with Crippen molar-refractivity contribution in [3.05, 3.63) is 83.4 Å². The molecular formula is C24H21F3N3O+. The first-order valence-corrected chi connectivity index (χ1v) is 9.85. The summed E-state index contributed by atoms with van der Waals surface area (Å²) in [5.74, 6) is 0.376. The average Bonchev–Trinajstić information content (AvgIpc) is 3.24. The van der Waals surface area contributed by atoms with Gasteiger partial charge in [-0.05, 0) is 35.7 Å². The first-order valence-electron chi connectivity index (χ1n) is 9.85. The van der Waals surface area contributed by atoms with Crippen LogP contribution in [-0.2, 0) is 12.7 Å². The van der Waals surface area contributed by atoms with Crippen molar-refractivity contribution in [3.63, 3.8) is 0 Å². The van der Waals surface area contributed by atoms with E-state index in [0.29, 0.717) is 11.4 Å². The Labute approximate surface area is 177 Å². The molecule has 0 unspecified atom stereocenters. The Balaban J connectivity index is 1.72. The van der Waals surface area contributed by atoms with E-state index in [0.717, 1.165) is 29.3 Å². The number of aromatic nitrogens is 2. The summed E-state index contributed by atoms with van der Waals surface area (Å²) in [6.07, 6.45) is -4.53. The smallest absolute Gasteiger partial charge is 0.345 e. The molecule has 2 N–H and O–H groups in total. The monoisotopic (exact) mass is 424 g/mol. The second kappa shape index (κ2) is 8.35. The quantitative estimate of drug-likeness (QED) is 0.486. The molecular weight excluding hydrogens is 403 g/mol. The van der Waals surface area contributed by atoms with Crippen LogP contribution in [0.4, 0.5) is 13.2 Å². The topological polar surface area (TPSA) is 55.5 Å². The molecule has 0 fully saturated rings. The van der Waals surface area contributed by atoms with Gasteiger partial charge in [-0.3, -0.25) is 0 Å². The van der Waals surface area contributed by atoms with Gasteiger partial charge >= 0.3 is 6.18 Å². The van der Waals surface area contributed by atoms with Crippen LogP contribution in [-0.4, -0.2) is 17.2 Å². The third-order valence-electron chi connectivity index (χ3n) is 5.09. The van der Waals surface area contributed by atoms with Crippen molar-refractivity contribution in [1.82, 2.24) is 10.1 Å². The van der Waals surface area contributed by atoms with Crippen molar-refractivity contribution >= 4 is 0 Å². The van der Waals surface area contributed by atoms with Crippen molar-refractivity contribution in [1.29, 1.82) is 0 Å². The molecule has 4 rings (SSSR count). The fourth-order valence-electron chi connectivity index (χ4n) is 3.51. The molecule has 4 nitrogen and oxygen atoms in total. The van der Waals surface area contributed by atoms with Crippen molar-refractivity contribution in [3.8, 4) is 34.0 Å². The Hall–Kier alpha value is -3.45. The van der Waals surface area contributed by atoms with Gasteiger partial charge in [-0.15, -0.1) is 0 Å². The molecule has 0 bridgehead atoms. The number of nitrogens with two attached hydrogens (primary N) is 1. The largest absolute Gasteiger partial charge is 0.417 e. The van der Waals surface area contributed by atoms with Crippen molar-refractivity contribution in [2.45, 2.75) is 19.6 Å². The molecule has 0 aliphatic rings. The lowest BCUT2D eigenvalue weighted by molar-refractivity contribution is -0.643. The summed E-state index contributed by atoms with van der Waals surface area (Å²) in [6, 6.07) is 18.8. The lowest BCUT2D eigenvalue weighted by Crippen LogP contribution is -2.77. The molecule has 0 amide bonds. The zero-order chi connectivity index (χ0) is 22.0. The highest BCUT2D eigenvalue weighted by atomic mass is 19.4. The first-order chi connectivity index (χ1) is 14.9. The van der Waals surface area contributed by atoms with Gasteiger partial charge in [0.1, 0.15) is 6.54 Å². The standard InChI is InChI=1S/C24H20F3N3O/c1-15-5-3-4-6-19(15)20-12-11-18(13-21(20)24(25,26)27)23-29-22(30-31-23)17-9-7-16(8-10-17)14-28-2/h3-13,28H,14H2,1-2H3/p+1. The summed E-state index contributed by atoms with van der Waals surface area (Å²) in [7, 11) is 1.99. The van der Waals surface area contributed by atoms with Crippen LogP contribution < -0.4 is 5.32 Å². The molecule has 3 aromatic carbocycles. The Bertz CT molecular complexity index is 1200. The minimum absolute atomic E-state index is 0.0443. The second-order valence-electron chi connectivity index (χ2n) is 7.31. The lowest BCUT2D eigenvalue weighted by atomic mass is 9.94. The van der Waals surface area contributed by atoms with Gasteiger partial charge in [-0.1, -0.05) is 59.8 Å². The summed E-state index contributed by atoms with van der Waals surface area (Å²) in [4.78, 5) is 4.32. The van der Waals surface area contributed by atoms with Crippen LogP contribution in [0.5, 0.6) is 0 Å². The van der Waals surface area contributed by atoms with E-state index >= 15 is 0 Å². The molecule has 0 radical (unpaired) electrons. The van der Waals surface area contributed by atoms with Gasteiger partial charge in [0.15, 0.2) is 0 Å². The number of nitrogens with zero attached hydrogens (tertiary/aromatic N) is 2. The zero-order valence-electron chi connectivity index (χ0n) is 17.1. The van der Waals surface area contributed by atoms with Crippen LogP contribution >= 0.6 is 0 Å². The summed E-state index contributed by atoms with van der Waals surface area (Å²) < 4.78 is 46.9. The number of quaternary nitrogens is 1. The van der Waals surface area contributed by atoms with Gasteiger partial charge in [0, 0.05) is 16.7 Å². The number of hydrogen-bond acceptors (Lipinski definition) is 3. The highest BCUT2D eigenvalue weighted by molar-refractivity contribution is 5.74. The van der Waals surface area contributed by atoms with Crippen molar-refractivity contribution in [2.75, 3.05) is 7.05 Å². The molecule has 0 spiro atoms. The third kappa shape index (κ3) is 4.36. The fraction of sp³-hybridized carbons (Fsp3) is 0.167. The molecule has 1 aromatic heterocycles. The fourth-order valence-corrected chi connectivity index (χ4v) is 3.51. The van der Waals surface area contributed by atoms with E-state index in [4.69, 9.17) is 4.52 Å². The molecule has 31 heavy (non-hydrogen) atoms. The molecule has 0 aliphatic heterocycles. The Morgan fingerprint density at radius 1 is 0.903 bits per heavy atom. The van der Waals surface area contributed by atoms with E-state index in [1.807, 2.05) is 31.3 Å². The number of hydrogen-bond donors (Lipinski definition) is 1. The molecule has 7 heteroatoms. The van der Waals surface area contributed by atoms with Gasteiger partial charge in [0.2, 0.25) is 5.82 Å². The predicted molar refractivity (Wildman–Crippen MR) is 112 cm³/mol. The molecule has 158 valence electrons. The second-order valence-corrected chi connectivity index (χ2v) is 7.31. The van der Waals surface area contributed by atoms with Crippen molar-refractivity contribution < 1.29 is 23.0 Å². The molecule has 4 aromatic rings. The third-order valence-corrected chi connectivity index (χ3v) is 5.09. The van der Waals surface area contributed by atoms with Gasteiger partial charge in [-0.2, -0.15) is 18.2 Å². The number of rotatable bonds is 5. The van der Waals surface area contributed by atoms with Crippen LogP contribution in [0.2, 0.25) is 0 Å².